The molecule has 0 unspecified atom stereocenters. The van der Waals surface area contributed by atoms with Crippen LogP contribution in [0.4, 0.5) is 5.69 Å². The van der Waals surface area contributed by atoms with Crippen molar-refractivity contribution >= 4 is 27.8 Å². The number of Topliss-reactive ketones (excluding diaryl/α,β-unsaturated/α-hetero) is 1. The molecule has 2 aliphatic rings. The Morgan fingerprint density at radius 2 is 1.61 bits per heavy atom. The molecule has 0 fully saturated rings. The highest BCUT2D eigenvalue weighted by atomic mass is 16.1. The van der Waals surface area contributed by atoms with Gasteiger partial charge < -0.3 is 5.32 Å². The summed E-state index contributed by atoms with van der Waals surface area (Å²) in [6.45, 7) is 0. The molecule has 3 heteroatoms. The Labute approximate surface area is 181 Å². The van der Waals surface area contributed by atoms with E-state index >= 15 is 0 Å². The number of carbonyl (C=O) groups excluding carboxylic acids is 1. The van der Waals surface area contributed by atoms with Gasteiger partial charge in [0.25, 0.3) is 0 Å². The van der Waals surface area contributed by atoms with Crippen LogP contribution in [0.5, 0.6) is 0 Å². The molecule has 1 aliphatic heterocycles. The number of carbonyl (C=O) groups is 1. The van der Waals surface area contributed by atoms with Crippen LogP contribution in [0.25, 0.3) is 16.3 Å². The molecule has 6 rings (SSSR count). The number of anilines is 1. The molecule has 3 aromatic carbocycles. The van der Waals surface area contributed by atoms with E-state index in [1.54, 1.807) is 6.20 Å². The van der Waals surface area contributed by atoms with Gasteiger partial charge in [0.05, 0.1) is 6.04 Å². The van der Waals surface area contributed by atoms with E-state index in [0.717, 1.165) is 23.2 Å². The molecule has 150 valence electrons. The Kier molecular flexibility index (Phi) is 4.20. The summed E-state index contributed by atoms with van der Waals surface area (Å²) in [6.07, 6.45) is 5.05. The van der Waals surface area contributed by atoms with Gasteiger partial charge in [-0.15, -0.1) is 0 Å². The molecule has 0 bridgehead atoms. The van der Waals surface area contributed by atoms with Crippen LogP contribution in [-0.2, 0) is 4.79 Å². The lowest BCUT2D eigenvalue weighted by Gasteiger charge is -2.37. The minimum Gasteiger partial charge on any atom is -0.373 e. The lowest BCUT2D eigenvalue weighted by atomic mass is 9.72. The molecule has 31 heavy (non-hydrogen) atoms. The summed E-state index contributed by atoms with van der Waals surface area (Å²) in [4.78, 5) is 17.9. The molecular formula is C28H22N2O. The van der Waals surface area contributed by atoms with E-state index < -0.39 is 0 Å². The first kappa shape index (κ1) is 18.1. The van der Waals surface area contributed by atoms with Crippen molar-refractivity contribution in [2.75, 3.05) is 5.32 Å². The van der Waals surface area contributed by atoms with E-state index in [2.05, 4.69) is 77.0 Å². The van der Waals surface area contributed by atoms with E-state index in [1.165, 1.54) is 27.5 Å². The second-order valence-electron chi connectivity index (χ2n) is 8.40. The van der Waals surface area contributed by atoms with Gasteiger partial charge in [-0.1, -0.05) is 66.7 Å². The van der Waals surface area contributed by atoms with Gasteiger partial charge in [-0.05, 0) is 51.9 Å². The summed E-state index contributed by atoms with van der Waals surface area (Å²) in [5, 5.41) is 6.07. The summed E-state index contributed by atoms with van der Waals surface area (Å²) in [5.74, 6) is 0.432. The number of nitrogens with one attached hydrogen (secondary N) is 1. The molecular weight excluding hydrogens is 380 g/mol. The minimum absolute atomic E-state index is 0.165. The van der Waals surface area contributed by atoms with Crippen molar-refractivity contribution in [3.63, 3.8) is 0 Å². The second kappa shape index (κ2) is 7.21. The van der Waals surface area contributed by atoms with Crippen LogP contribution >= 0.6 is 0 Å². The molecule has 0 spiro atoms. The summed E-state index contributed by atoms with van der Waals surface area (Å²) >= 11 is 0. The first-order chi connectivity index (χ1) is 15.3. The number of fused-ring (bicyclic) bond motifs is 4. The van der Waals surface area contributed by atoms with Crippen LogP contribution in [0.1, 0.15) is 41.5 Å². The fourth-order valence-electron chi connectivity index (χ4n) is 5.20. The van der Waals surface area contributed by atoms with Gasteiger partial charge >= 0.3 is 0 Å². The number of nitrogens with zero attached hydrogens (tertiary/aromatic N) is 1. The van der Waals surface area contributed by atoms with Crippen molar-refractivity contribution in [2.24, 2.45) is 0 Å². The fourth-order valence-corrected chi connectivity index (χ4v) is 5.20. The van der Waals surface area contributed by atoms with E-state index in [4.69, 9.17) is 0 Å². The van der Waals surface area contributed by atoms with E-state index in [0.29, 0.717) is 6.42 Å². The average molecular weight is 402 g/mol. The molecule has 1 aliphatic carbocycles. The van der Waals surface area contributed by atoms with Crippen LogP contribution in [0.15, 0.2) is 96.8 Å². The zero-order valence-electron chi connectivity index (χ0n) is 17.1. The molecule has 0 saturated carbocycles. The van der Waals surface area contributed by atoms with E-state index in [9.17, 15) is 4.79 Å². The van der Waals surface area contributed by atoms with Gasteiger partial charge in [-0.3, -0.25) is 9.78 Å². The Bertz CT molecular complexity index is 1330. The van der Waals surface area contributed by atoms with Crippen LogP contribution < -0.4 is 5.32 Å². The Hall–Kier alpha value is -3.72. The highest BCUT2D eigenvalue weighted by Crippen LogP contribution is 2.50. The predicted octanol–water partition coefficient (Wildman–Crippen LogP) is 6.30. The quantitative estimate of drug-likeness (QED) is 0.428. The highest BCUT2D eigenvalue weighted by Gasteiger charge is 2.38. The van der Waals surface area contributed by atoms with Crippen LogP contribution in [-0.4, -0.2) is 10.8 Å². The van der Waals surface area contributed by atoms with E-state index in [1.807, 2.05) is 18.3 Å². The standard InChI is InChI=1S/C28H22N2O/c31-25-16-21(18-7-2-1-3-8-18)15-23-26-22-11-5-4-9-19(22)12-13-24(26)30-28(27(23)25)20-10-6-14-29-17-20/h1-14,17,21,28,30H,15-16H2/t21-,28+/m1/s1. The largest absolute Gasteiger partial charge is 0.373 e. The number of hydrogen-bond donors (Lipinski definition) is 1. The maximum Gasteiger partial charge on any atom is 0.162 e. The molecule has 0 saturated heterocycles. The molecule has 1 aromatic heterocycles. The summed E-state index contributed by atoms with van der Waals surface area (Å²) in [6, 6.07) is 27.0. The summed E-state index contributed by atoms with van der Waals surface area (Å²) in [7, 11) is 0. The third-order valence-electron chi connectivity index (χ3n) is 6.62. The molecule has 2 heterocycles. The number of allylic oxidation sites excluding steroid dienone is 1. The normalized spacial score (nSPS) is 20.2. The van der Waals surface area contributed by atoms with Crippen LogP contribution in [0.2, 0.25) is 0 Å². The fraction of sp³-hybridized carbons (Fsp3) is 0.143. The summed E-state index contributed by atoms with van der Waals surface area (Å²) < 4.78 is 0. The molecule has 3 nitrogen and oxygen atoms in total. The zero-order valence-corrected chi connectivity index (χ0v) is 17.1. The van der Waals surface area contributed by atoms with Gasteiger partial charge in [-0.25, -0.2) is 0 Å². The van der Waals surface area contributed by atoms with Crippen LogP contribution in [0.3, 0.4) is 0 Å². The topological polar surface area (TPSA) is 42.0 Å². The molecule has 0 radical (unpaired) electrons. The number of benzene rings is 3. The lowest BCUT2D eigenvalue weighted by molar-refractivity contribution is -0.116. The average Bonchev–Trinajstić information content (AvgIpc) is 2.84. The zero-order chi connectivity index (χ0) is 20.8. The molecule has 4 aromatic rings. The van der Waals surface area contributed by atoms with Gasteiger partial charge in [0.1, 0.15) is 0 Å². The van der Waals surface area contributed by atoms with Crippen molar-refractivity contribution in [1.82, 2.24) is 4.98 Å². The van der Waals surface area contributed by atoms with Gasteiger partial charge in [-0.2, -0.15) is 0 Å². The maximum atomic E-state index is 13.6. The van der Waals surface area contributed by atoms with Crippen LogP contribution in [0, 0.1) is 0 Å². The van der Waals surface area contributed by atoms with Gasteiger partial charge in [0.15, 0.2) is 5.78 Å². The van der Waals surface area contributed by atoms with Crippen molar-refractivity contribution in [3.8, 4) is 0 Å². The van der Waals surface area contributed by atoms with Crippen molar-refractivity contribution < 1.29 is 4.79 Å². The van der Waals surface area contributed by atoms with Gasteiger partial charge in [0, 0.05) is 35.6 Å². The SMILES string of the molecule is O=C1C[C@H](c2ccccc2)CC2=C1[C@H](c1cccnc1)Nc1ccc3ccccc3c12. The maximum absolute atomic E-state index is 13.6. The van der Waals surface area contributed by atoms with Gasteiger partial charge in [0.2, 0.25) is 0 Å². The number of ketones is 1. The molecule has 0 amide bonds. The third-order valence-corrected chi connectivity index (χ3v) is 6.62. The number of rotatable bonds is 2. The number of aromatic nitrogens is 1. The number of hydrogen-bond acceptors (Lipinski definition) is 3. The monoisotopic (exact) mass is 402 g/mol. The van der Waals surface area contributed by atoms with Crippen molar-refractivity contribution in [2.45, 2.75) is 24.8 Å². The minimum atomic E-state index is -0.165. The Morgan fingerprint density at radius 1 is 0.806 bits per heavy atom. The van der Waals surface area contributed by atoms with Crippen molar-refractivity contribution in [1.29, 1.82) is 0 Å². The predicted molar refractivity (Wildman–Crippen MR) is 125 cm³/mol. The molecule has 2 atom stereocenters. The molecule has 1 N–H and O–H groups in total. The van der Waals surface area contributed by atoms with Crippen molar-refractivity contribution in [3.05, 3.63) is 114 Å². The smallest absolute Gasteiger partial charge is 0.162 e. The Morgan fingerprint density at radius 3 is 2.45 bits per heavy atom. The second-order valence-corrected chi connectivity index (χ2v) is 8.40. The first-order valence-corrected chi connectivity index (χ1v) is 10.8. The third kappa shape index (κ3) is 2.97. The Balaban J connectivity index is 1.59. The lowest BCUT2D eigenvalue weighted by Crippen LogP contribution is -2.29. The highest BCUT2D eigenvalue weighted by molar-refractivity contribution is 6.13. The van der Waals surface area contributed by atoms with E-state index in [-0.39, 0.29) is 17.7 Å². The summed E-state index contributed by atoms with van der Waals surface area (Å²) in [5.41, 5.74) is 6.63. The first-order valence-electron chi connectivity index (χ1n) is 10.8. The number of pyridine rings is 1.